The third kappa shape index (κ3) is 5.24. The monoisotopic (exact) mass is 512 g/mol. The first-order valence-corrected chi connectivity index (χ1v) is 12.7. The Morgan fingerprint density at radius 2 is 1.87 bits per heavy atom. The quantitative estimate of drug-likeness (QED) is 0.283. The normalized spacial score (nSPS) is 12.3. The van der Waals surface area contributed by atoms with Crippen LogP contribution in [-0.2, 0) is 19.6 Å². The maximum Gasteiger partial charge on any atom is 0.252 e. The van der Waals surface area contributed by atoms with E-state index >= 15 is 0 Å². The Bertz CT molecular complexity index is 1570. The van der Waals surface area contributed by atoms with Crippen molar-refractivity contribution in [3.63, 3.8) is 0 Å². The van der Waals surface area contributed by atoms with Gasteiger partial charge in [-0.3, -0.25) is 9.69 Å². The summed E-state index contributed by atoms with van der Waals surface area (Å²) in [7, 11) is 1.66. The molecule has 9 heteroatoms. The van der Waals surface area contributed by atoms with Gasteiger partial charge in [-0.05, 0) is 77.7 Å². The molecule has 0 radical (unpaired) electrons. The highest BCUT2D eigenvalue weighted by Gasteiger charge is 2.26. The fraction of sp³-hybridized carbons (Fsp3) is 0.310. The number of tetrazole rings is 1. The van der Waals surface area contributed by atoms with Crippen LogP contribution in [0.5, 0.6) is 5.75 Å². The molecule has 5 aromatic rings. The van der Waals surface area contributed by atoms with Gasteiger partial charge in [0.05, 0.1) is 24.9 Å². The topological polar surface area (TPSA) is 102 Å². The molecule has 0 fully saturated rings. The van der Waals surface area contributed by atoms with Gasteiger partial charge in [0, 0.05) is 24.0 Å². The molecule has 0 bridgehead atoms. The lowest BCUT2D eigenvalue weighted by molar-refractivity contribution is 0.161. The number of methoxy groups -OCH3 is 1. The minimum absolute atomic E-state index is 0.0871. The molecule has 0 aliphatic heterocycles. The molecule has 3 aromatic heterocycles. The van der Waals surface area contributed by atoms with Crippen molar-refractivity contribution >= 4 is 10.9 Å². The Labute approximate surface area is 221 Å². The highest BCUT2D eigenvalue weighted by molar-refractivity contribution is 5.85. The summed E-state index contributed by atoms with van der Waals surface area (Å²) in [5.41, 5.74) is 4.76. The second-order valence-corrected chi connectivity index (χ2v) is 9.56. The zero-order valence-corrected chi connectivity index (χ0v) is 22.1. The van der Waals surface area contributed by atoms with Gasteiger partial charge in [-0.15, -0.1) is 5.10 Å². The van der Waals surface area contributed by atoms with Crippen molar-refractivity contribution < 1.29 is 9.15 Å². The number of ether oxygens (including phenoxy) is 1. The Kier molecular flexibility index (Phi) is 7.37. The number of H-pyrrole nitrogens is 1. The predicted molar refractivity (Wildman–Crippen MR) is 145 cm³/mol. The van der Waals surface area contributed by atoms with Crippen LogP contribution in [0.2, 0.25) is 0 Å². The number of fused-ring (bicyclic) bond motifs is 1. The molecule has 0 saturated carbocycles. The molecule has 2 aromatic carbocycles. The lowest BCUT2D eigenvalue weighted by Crippen LogP contribution is -2.32. The molecule has 9 nitrogen and oxygen atoms in total. The van der Waals surface area contributed by atoms with Crippen LogP contribution in [0.4, 0.5) is 0 Å². The first-order chi connectivity index (χ1) is 18.5. The van der Waals surface area contributed by atoms with Gasteiger partial charge in [-0.2, -0.15) is 0 Å². The average molecular weight is 513 g/mol. The molecule has 0 aliphatic carbocycles. The van der Waals surface area contributed by atoms with E-state index in [1.807, 2.05) is 55.5 Å². The summed E-state index contributed by atoms with van der Waals surface area (Å²) in [6.45, 7) is 7.64. The summed E-state index contributed by atoms with van der Waals surface area (Å²) in [4.78, 5) is 18.7. The molecule has 1 N–H and O–H groups in total. The van der Waals surface area contributed by atoms with Crippen molar-refractivity contribution in [2.75, 3.05) is 7.11 Å². The van der Waals surface area contributed by atoms with Crippen LogP contribution in [0.3, 0.4) is 0 Å². The number of nitrogens with one attached hydrogen (secondary N) is 1. The molecule has 1 atom stereocenters. The van der Waals surface area contributed by atoms with E-state index in [9.17, 15) is 4.79 Å². The van der Waals surface area contributed by atoms with E-state index < -0.39 is 0 Å². The van der Waals surface area contributed by atoms with Crippen LogP contribution in [-0.4, -0.2) is 37.2 Å². The van der Waals surface area contributed by atoms with Gasteiger partial charge in [-0.1, -0.05) is 31.2 Å². The Balaban J connectivity index is 1.54. The van der Waals surface area contributed by atoms with E-state index in [2.05, 4.69) is 45.3 Å². The van der Waals surface area contributed by atoms with E-state index in [0.717, 1.165) is 51.3 Å². The summed E-state index contributed by atoms with van der Waals surface area (Å²) < 4.78 is 12.7. The fourth-order valence-electron chi connectivity index (χ4n) is 4.91. The molecule has 0 spiro atoms. The Hall–Kier alpha value is -4.24. The smallest absolute Gasteiger partial charge is 0.252 e. The van der Waals surface area contributed by atoms with Crippen molar-refractivity contribution in [2.45, 2.75) is 52.9 Å². The number of pyridine rings is 1. The van der Waals surface area contributed by atoms with Crippen molar-refractivity contribution in [1.82, 2.24) is 30.1 Å². The van der Waals surface area contributed by atoms with Crippen LogP contribution < -0.4 is 10.3 Å². The van der Waals surface area contributed by atoms with Gasteiger partial charge >= 0.3 is 0 Å². The number of nitrogens with zero attached hydrogens (tertiary/aromatic N) is 5. The summed E-state index contributed by atoms with van der Waals surface area (Å²) in [6.07, 6.45) is 2.39. The van der Waals surface area contributed by atoms with E-state index in [4.69, 9.17) is 9.15 Å². The standard InChI is InChI=1S/C29H32N6O3/c1-5-26(28-31-32-33-35(28)18-24-7-6-14-38-24)34(16-21-10-12-23(37-4)13-11-21)17-22-15-25-19(2)8-9-20(3)27(25)30-29(22)36/h6-15,26H,5,16-18H2,1-4H3,(H,30,36). The van der Waals surface area contributed by atoms with Crippen LogP contribution in [0.15, 0.2) is 70.1 Å². The molecule has 1 unspecified atom stereocenters. The molecular formula is C29H32N6O3. The van der Waals surface area contributed by atoms with Gasteiger partial charge in [0.15, 0.2) is 5.82 Å². The van der Waals surface area contributed by atoms with Crippen molar-refractivity contribution in [2.24, 2.45) is 0 Å². The van der Waals surface area contributed by atoms with Gasteiger partial charge in [0.2, 0.25) is 0 Å². The van der Waals surface area contributed by atoms with Crippen LogP contribution in [0.1, 0.15) is 53.2 Å². The summed E-state index contributed by atoms with van der Waals surface area (Å²) in [5.74, 6) is 2.29. The van der Waals surface area contributed by atoms with Gasteiger partial charge in [0.25, 0.3) is 5.56 Å². The number of rotatable bonds is 10. The SMILES string of the molecule is CCC(c1nnnn1Cc1ccco1)N(Cc1ccc(OC)cc1)Cc1cc2c(C)ccc(C)c2[nH]c1=O. The maximum absolute atomic E-state index is 13.3. The second-order valence-electron chi connectivity index (χ2n) is 9.56. The number of aryl methyl sites for hydroxylation is 2. The molecule has 0 saturated heterocycles. The van der Waals surface area contributed by atoms with E-state index in [1.54, 1.807) is 18.1 Å². The van der Waals surface area contributed by atoms with Crippen molar-refractivity contribution in [3.8, 4) is 5.75 Å². The lowest BCUT2D eigenvalue weighted by atomic mass is 10.0. The van der Waals surface area contributed by atoms with E-state index in [0.29, 0.717) is 25.2 Å². The highest BCUT2D eigenvalue weighted by Crippen LogP contribution is 2.28. The predicted octanol–water partition coefficient (Wildman–Crippen LogP) is 4.93. The fourth-order valence-corrected chi connectivity index (χ4v) is 4.91. The number of benzene rings is 2. The molecule has 3 heterocycles. The zero-order valence-electron chi connectivity index (χ0n) is 22.1. The minimum Gasteiger partial charge on any atom is -0.497 e. The van der Waals surface area contributed by atoms with Crippen LogP contribution in [0.25, 0.3) is 10.9 Å². The molecular weight excluding hydrogens is 480 g/mol. The van der Waals surface area contributed by atoms with Crippen LogP contribution >= 0.6 is 0 Å². The summed E-state index contributed by atoms with van der Waals surface area (Å²) in [5, 5.41) is 13.7. The number of hydrogen-bond acceptors (Lipinski definition) is 7. The van der Waals surface area contributed by atoms with Gasteiger partial charge in [0.1, 0.15) is 18.1 Å². The largest absolute Gasteiger partial charge is 0.497 e. The van der Waals surface area contributed by atoms with Gasteiger partial charge < -0.3 is 14.1 Å². The summed E-state index contributed by atoms with van der Waals surface area (Å²) in [6, 6.07) is 17.7. The average Bonchev–Trinajstić information content (AvgIpc) is 3.61. The number of hydrogen-bond donors (Lipinski definition) is 1. The van der Waals surface area contributed by atoms with Gasteiger partial charge in [-0.25, -0.2) is 4.68 Å². The first kappa shape index (κ1) is 25.4. The molecule has 38 heavy (non-hydrogen) atoms. The highest BCUT2D eigenvalue weighted by atomic mass is 16.5. The van der Waals surface area contributed by atoms with E-state index in [1.165, 1.54) is 0 Å². The minimum atomic E-state index is -0.143. The molecule has 0 amide bonds. The number of aromatic amines is 1. The second kappa shape index (κ2) is 11.0. The Morgan fingerprint density at radius 1 is 1.08 bits per heavy atom. The molecule has 0 aliphatic rings. The van der Waals surface area contributed by atoms with Crippen molar-refractivity contribution in [1.29, 1.82) is 0 Å². The Morgan fingerprint density at radius 3 is 2.58 bits per heavy atom. The molecule has 196 valence electrons. The maximum atomic E-state index is 13.3. The third-order valence-electron chi connectivity index (χ3n) is 7.01. The third-order valence-corrected chi connectivity index (χ3v) is 7.01. The van der Waals surface area contributed by atoms with Crippen LogP contribution in [0, 0.1) is 13.8 Å². The number of furan rings is 1. The number of aromatic nitrogens is 5. The lowest BCUT2D eigenvalue weighted by Gasteiger charge is -2.30. The van der Waals surface area contributed by atoms with Crippen molar-refractivity contribution in [3.05, 3.63) is 105 Å². The molecule has 5 rings (SSSR count). The zero-order chi connectivity index (χ0) is 26.6. The summed E-state index contributed by atoms with van der Waals surface area (Å²) >= 11 is 0. The first-order valence-electron chi connectivity index (χ1n) is 12.7. The van der Waals surface area contributed by atoms with E-state index in [-0.39, 0.29) is 11.6 Å².